The zero-order chi connectivity index (χ0) is 14.4. The molecule has 0 radical (unpaired) electrons. The maximum atomic E-state index is 11.9. The predicted octanol–water partition coefficient (Wildman–Crippen LogP) is 3.44. The Hall–Kier alpha value is -1.65. The second kappa shape index (κ2) is 7.22. The molecule has 0 aromatic heterocycles. The number of rotatable bonds is 5. The predicted molar refractivity (Wildman–Crippen MR) is 85.4 cm³/mol. The molecule has 2 aromatic rings. The second-order valence-corrected chi connectivity index (χ2v) is 5.75. The van der Waals surface area contributed by atoms with Crippen LogP contribution in [0, 0.1) is 0 Å². The highest BCUT2D eigenvalue weighted by molar-refractivity contribution is 7.99. The summed E-state index contributed by atoms with van der Waals surface area (Å²) in [5.41, 5.74) is 6.62. The smallest absolute Gasteiger partial charge is 0.253 e. The van der Waals surface area contributed by atoms with Gasteiger partial charge in [0, 0.05) is 27.9 Å². The molecule has 3 N–H and O–H groups in total. The molecular weight excluding hydrogens is 292 g/mol. The second-order valence-electron chi connectivity index (χ2n) is 4.15. The number of anilines is 1. The topological polar surface area (TPSA) is 55.1 Å². The Morgan fingerprint density at radius 3 is 2.65 bits per heavy atom. The number of halogens is 1. The molecule has 0 aliphatic carbocycles. The van der Waals surface area contributed by atoms with Crippen molar-refractivity contribution < 1.29 is 4.79 Å². The van der Waals surface area contributed by atoms with Gasteiger partial charge in [-0.3, -0.25) is 4.79 Å². The van der Waals surface area contributed by atoms with E-state index >= 15 is 0 Å². The molecule has 3 nitrogen and oxygen atoms in total. The molecule has 0 bridgehead atoms. The van der Waals surface area contributed by atoms with E-state index < -0.39 is 0 Å². The molecule has 0 heterocycles. The Balaban J connectivity index is 1.80. The van der Waals surface area contributed by atoms with Crippen LogP contribution in [-0.2, 0) is 0 Å². The summed E-state index contributed by atoms with van der Waals surface area (Å²) in [4.78, 5) is 13.1. The molecule has 0 saturated heterocycles. The van der Waals surface area contributed by atoms with Crippen LogP contribution in [0.4, 0.5) is 5.69 Å². The average Bonchev–Trinajstić information content (AvgIpc) is 2.44. The molecule has 20 heavy (non-hydrogen) atoms. The monoisotopic (exact) mass is 306 g/mol. The van der Waals surface area contributed by atoms with Crippen molar-refractivity contribution in [1.82, 2.24) is 5.32 Å². The summed E-state index contributed by atoms with van der Waals surface area (Å²) in [6, 6.07) is 14.9. The molecule has 2 aromatic carbocycles. The molecule has 2 rings (SSSR count). The van der Waals surface area contributed by atoms with Crippen LogP contribution >= 0.6 is 23.4 Å². The van der Waals surface area contributed by atoms with Gasteiger partial charge in [-0.2, -0.15) is 0 Å². The lowest BCUT2D eigenvalue weighted by Gasteiger charge is -2.07. The zero-order valence-electron chi connectivity index (χ0n) is 10.8. The van der Waals surface area contributed by atoms with Gasteiger partial charge in [0.05, 0.1) is 5.56 Å². The number of nitrogen functional groups attached to an aromatic ring is 1. The maximum Gasteiger partial charge on any atom is 0.253 e. The van der Waals surface area contributed by atoms with Gasteiger partial charge in [-0.15, -0.1) is 11.8 Å². The van der Waals surface area contributed by atoms with Gasteiger partial charge in [-0.1, -0.05) is 29.8 Å². The first-order valence-electron chi connectivity index (χ1n) is 6.18. The lowest BCUT2D eigenvalue weighted by molar-refractivity contribution is 0.0957. The van der Waals surface area contributed by atoms with E-state index in [1.54, 1.807) is 30.0 Å². The molecule has 0 unspecified atom stereocenters. The first kappa shape index (κ1) is 14.8. The Kier molecular flexibility index (Phi) is 5.32. The van der Waals surface area contributed by atoms with Gasteiger partial charge in [-0.25, -0.2) is 0 Å². The van der Waals surface area contributed by atoms with E-state index in [0.717, 1.165) is 5.75 Å². The molecule has 0 saturated carbocycles. The van der Waals surface area contributed by atoms with E-state index in [-0.39, 0.29) is 5.91 Å². The normalized spacial score (nSPS) is 10.2. The Morgan fingerprint density at radius 1 is 1.20 bits per heavy atom. The summed E-state index contributed by atoms with van der Waals surface area (Å²) >= 11 is 7.50. The highest BCUT2D eigenvalue weighted by atomic mass is 35.5. The minimum absolute atomic E-state index is 0.173. The van der Waals surface area contributed by atoms with Crippen LogP contribution in [-0.4, -0.2) is 18.2 Å². The number of hydrogen-bond donors (Lipinski definition) is 2. The van der Waals surface area contributed by atoms with Crippen LogP contribution in [0.2, 0.25) is 5.02 Å². The molecule has 0 aliphatic rings. The average molecular weight is 307 g/mol. The van der Waals surface area contributed by atoms with Crippen LogP contribution in [0.25, 0.3) is 0 Å². The molecule has 0 spiro atoms. The number of carbonyl (C=O) groups excluding carboxylic acids is 1. The number of hydrogen-bond acceptors (Lipinski definition) is 3. The van der Waals surface area contributed by atoms with Gasteiger partial charge >= 0.3 is 0 Å². The standard InChI is InChI=1S/C15H15ClN2OS/c16-11-6-7-13(14(17)10-11)15(19)18-8-9-20-12-4-2-1-3-5-12/h1-7,10H,8-9,17H2,(H,18,19). The summed E-state index contributed by atoms with van der Waals surface area (Å²) in [6.45, 7) is 0.584. The SMILES string of the molecule is Nc1cc(Cl)ccc1C(=O)NCCSc1ccccc1. The highest BCUT2D eigenvalue weighted by Crippen LogP contribution is 2.18. The van der Waals surface area contributed by atoms with Gasteiger partial charge in [0.1, 0.15) is 0 Å². The molecule has 5 heteroatoms. The first-order valence-corrected chi connectivity index (χ1v) is 7.54. The third kappa shape index (κ3) is 4.18. The molecule has 0 atom stereocenters. The van der Waals surface area contributed by atoms with Crippen molar-refractivity contribution in [2.24, 2.45) is 0 Å². The fraction of sp³-hybridized carbons (Fsp3) is 0.133. The van der Waals surface area contributed by atoms with Gasteiger partial charge < -0.3 is 11.1 Å². The van der Waals surface area contributed by atoms with Crippen LogP contribution < -0.4 is 11.1 Å². The highest BCUT2D eigenvalue weighted by Gasteiger charge is 2.09. The van der Waals surface area contributed by atoms with Gasteiger partial charge in [-0.05, 0) is 30.3 Å². The Labute approximate surface area is 127 Å². The quantitative estimate of drug-likeness (QED) is 0.505. The van der Waals surface area contributed by atoms with E-state index in [2.05, 4.69) is 5.32 Å². The van der Waals surface area contributed by atoms with E-state index in [1.807, 2.05) is 30.3 Å². The summed E-state index contributed by atoms with van der Waals surface area (Å²) in [7, 11) is 0. The van der Waals surface area contributed by atoms with Crippen molar-refractivity contribution in [2.75, 3.05) is 18.0 Å². The molecule has 104 valence electrons. The molecular formula is C15H15ClN2OS. The number of benzene rings is 2. The fourth-order valence-electron chi connectivity index (χ4n) is 1.69. The summed E-state index contributed by atoms with van der Waals surface area (Å²) in [5, 5.41) is 3.37. The Bertz CT molecular complexity index is 590. The molecule has 0 aliphatic heterocycles. The third-order valence-electron chi connectivity index (χ3n) is 2.66. The van der Waals surface area contributed by atoms with Crippen LogP contribution in [0.3, 0.4) is 0 Å². The van der Waals surface area contributed by atoms with E-state index in [1.165, 1.54) is 4.90 Å². The van der Waals surface area contributed by atoms with Gasteiger partial charge in [0.2, 0.25) is 0 Å². The van der Waals surface area contributed by atoms with Crippen molar-refractivity contribution in [1.29, 1.82) is 0 Å². The van der Waals surface area contributed by atoms with E-state index in [9.17, 15) is 4.79 Å². The van der Waals surface area contributed by atoms with Crippen LogP contribution in [0.5, 0.6) is 0 Å². The van der Waals surface area contributed by atoms with Crippen molar-refractivity contribution in [2.45, 2.75) is 4.90 Å². The van der Waals surface area contributed by atoms with Crippen molar-refractivity contribution >= 4 is 35.0 Å². The van der Waals surface area contributed by atoms with E-state index in [0.29, 0.717) is 22.8 Å². The summed E-state index contributed by atoms with van der Waals surface area (Å²) < 4.78 is 0. The van der Waals surface area contributed by atoms with Gasteiger partial charge in [0.15, 0.2) is 0 Å². The summed E-state index contributed by atoms with van der Waals surface area (Å²) in [6.07, 6.45) is 0. The van der Waals surface area contributed by atoms with Crippen molar-refractivity contribution in [3.8, 4) is 0 Å². The fourth-order valence-corrected chi connectivity index (χ4v) is 2.66. The lowest BCUT2D eigenvalue weighted by Crippen LogP contribution is -2.26. The van der Waals surface area contributed by atoms with Crippen LogP contribution in [0.15, 0.2) is 53.4 Å². The van der Waals surface area contributed by atoms with Crippen molar-refractivity contribution in [3.05, 3.63) is 59.1 Å². The van der Waals surface area contributed by atoms with Crippen LogP contribution in [0.1, 0.15) is 10.4 Å². The number of carbonyl (C=O) groups is 1. The molecule has 0 fully saturated rings. The minimum atomic E-state index is -0.173. The third-order valence-corrected chi connectivity index (χ3v) is 3.91. The lowest BCUT2D eigenvalue weighted by atomic mass is 10.1. The Morgan fingerprint density at radius 2 is 1.95 bits per heavy atom. The minimum Gasteiger partial charge on any atom is -0.398 e. The number of nitrogens with one attached hydrogen (secondary N) is 1. The summed E-state index contributed by atoms with van der Waals surface area (Å²) in [5.74, 6) is 0.635. The number of amides is 1. The zero-order valence-corrected chi connectivity index (χ0v) is 12.4. The van der Waals surface area contributed by atoms with Crippen molar-refractivity contribution in [3.63, 3.8) is 0 Å². The van der Waals surface area contributed by atoms with E-state index in [4.69, 9.17) is 17.3 Å². The maximum absolute atomic E-state index is 11.9. The largest absolute Gasteiger partial charge is 0.398 e. The number of nitrogens with two attached hydrogens (primary N) is 1. The number of thioether (sulfide) groups is 1. The first-order chi connectivity index (χ1) is 9.66. The van der Waals surface area contributed by atoms with Gasteiger partial charge in [0.25, 0.3) is 5.91 Å². The molecule has 1 amide bonds.